The van der Waals surface area contributed by atoms with Crippen LogP contribution in [0.25, 0.3) is 22.3 Å². The lowest BCUT2D eigenvalue weighted by atomic mass is 10.1. The van der Waals surface area contributed by atoms with Gasteiger partial charge in [0.15, 0.2) is 12.0 Å². The molecule has 0 spiro atoms. The molecular formula is C19H16O5. The van der Waals surface area contributed by atoms with E-state index in [1.54, 1.807) is 25.1 Å². The maximum absolute atomic E-state index is 12.3. The average Bonchev–Trinajstić information content (AvgIpc) is 2.60. The van der Waals surface area contributed by atoms with Crippen LogP contribution in [0, 0.1) is 0 Å². The van der Waals surface area contributed by atoms with Gasteiger partial charge in [-0.1, -0.05) is 30.3 Å². The summed E-state index contributed by atoms with van der Waals surface area (Å²) in [6.45, 7) is 1.84. The van der Waals surface area contributed by atoms with E-state index in [9.17, 15) is 9.59 Å². The number of rotatable bonds is 5. The number of hydrogen-bond acceptors (Lipinski definition) is 5. The van der Waals surface area contributed by atoms with Gasteiger partial charge in [0.25, 0.3) is 0 Å². The number of benzene rings is 2. The molecule has 122 valence electrons. The third kappa shape index (κ3) is 3.46. The van der Waals surface area contributed by atoms with Crippen molar-refractivity contribution in [1.82, 2.24) is 0 Å². The standard InChI is InChI=1S/C19H16O5/c1-2-22-19(21)12-23-14-8-9-15-16(20)11-17(24-18(15)10-14)13-6-4-3-5-7-13/h3-11H,2,12H2,1H3. The zero-order chi connectivity index (χ0) is 16.9. The minimum atomic E-state index is -0.447. The van der Waals surface area contributed by atoms with Crippen LogP contribution in [-0.2, 0) is 9.53 Å². The SMILES string of the molecule is CCOC(=O)COc1ccc2c(=O)cc(-c3ccccc3)oc2c1. The van der Waals surface area contributed by atoms with Gasteiger partial charge in [0.1, 0.15) is 17.1 Å². The molecular weight excluding hydrogens is 308 g/mol. The van der Waals surface area contributed by atoms with Crippen molar-refractivity contribution in [3.63, 3.8) is 0 Å². The highest BCUT2D eigenvalue weighted by Gasteiger charge is 2.09. The summed E-state index contributed by atoms with van der Waals surface area (Å²) in [5.74, 6) is 0.469. The summed E-state index contributed by atoms with van der Waals surface area (Å²) in [5, 5.41) is 0.457. The minimum Gasteiger partial charge on any atom is -0.482 e. The van der Waals surface area contributed by atoms with Crippen molar-refractivity contribution < 1.29 is 18.7 Å². The van der Waals surface area contributed by atoms with Crippen LogP contribution in [0.3, 0.4) is 0 Å². The molecule has 0 bridgehead atoms. The predicted octanol–water partition coefficient (Wildman–Crippen LogP) is 3.40. The van der Waals surface area contributed by atoms with E-state index in [2.05, 4.69) is 0 Å². The van der Waals surface area contributed by atoms with E-state index >= 15 is 0 Å². The molecule has 0 aliphatic rings. The first-order chi connectivity index (χ1) is 11.7. The minimum absolute atomic E-state index is 0.132. The molecule has 5 heteroatoms. The van der Waals surface area contributed by atoms with Gasteiger partial charge in [0, 0.05) is 17.7 Å². The Balaban J connectivity index is 1.93. The summed E-state index contributed by atoms with van der Waals surface area (Å²) in [6, 6.07) is 15.7. The lowest BCUT2D eigenvalue weighted by Gasteiger charge is -2.07. The lowest BCUT2D eigenvalue weighted by molar-refractivity contribution is -0.145. The van der Waals surface area contributed by atoms with Crippen molar-refractivity contribution in [1.29, 1.82) is 0 Å². The fourth-order valence-corrected chi connectivity index (χ4v) is 2.31. The number of ether oxygens (including phenoxy) is 2. The number of carbonyl (C=O) groups is 1. The molecule has 3 aromatic rings. The van der Waals surface area contributed by atoms with E-state index in [1.807, 2.05) is 30.3 Å². The van der Waals surface area contributed by atoms with Crippen molar-refractivity contribution in [3.8, 4) is 17.1 Å². The van der Waals surface area contributed by atoms with Crippen LogP contribution < -0.4 is 10.2 Å². The second-order valence-corrected chi connectivity index (χ2v) is 5.09. The summed E-state index contributed by atoms with van der Waals surface area (Å²) >= 11 is 0. The summed E-state index contributed by atoms with van der Waals surface area (Å²) in [6.07, 6.45) is 0. The van der Waals surface area contributed by atoms with E-state index in [-0.39, 0.29) is 12.0 Å². The van der Waals surface area contributed by atoms with Gasteiger partial charge >= 0.3 is 5.97 Å². The summed E-state index contributed by atoms with van der Waals surface area (Å²) < 4.78 is 16.0. The Hall–Kier alpha value is -3.08. The van der Waals surface area contributed by atoms with Gasteiger partial charge in [0.2, 0.25) is 0 Å². The van der Waals surface area contributed by atoms with Crippen LogP contribution in [0.2, 0.25) is 0 Å². The zero-order valence-corrected chi connectivity index (χ0v) is 13.2. The lowest BCUT2D eigenvalue weighted by Crippen LogP contribution is -2.14. The second kappa shape index (κ2) is 7.00. The Morgan fingerprint density at radius 3 is 2.62 bits per heavy atom. The van der Waals surface area contributed by atoms with Crippen molar-refractivity contribution >= 4 is 16.9 Å². The summed E-state index contributed by atoms with van der Waals surface area (Å²) in [4.78, 5) is 23.6. The van der Waals surface area contributed by atoms with Gasteiger partial charge in [-0.15, -0.1) is 0 Å². The monoisotopic (exact) mass is 324 g/mol. The van der Waals surface area contributed by atoms with Crippen molar-refractivity contribution in [3.05, 3.63) is 64.8 Å². The Morgan fingerprint density at radius 2 is 1.88 bits per heavy atom. The molecule has 0 fully saturated rings. The molecule has 0 aliphatic carbocycles. The number of esters is 1. The third-order valence-corrected chi connectivity index (χ3v) is 3.42. The van der Waals surface area contributed by atoms with Gasteiger partial charge in [0.05, 0.1) is 12.0 Å². The van der Waals surface area contributed by atoms with Gasteiger partial charge < -0.3 is 13.9 Å². The predicted molar refractivity (Wildman–Crippen MR) is 90.0 cm³/mol. The Morgan fingerprint density at radius 1 is 1.08 bits per heavy atom. The van der Waals surface area contributed by atoms with Gasteiger partial charge in [-0.25, -0.2) is 4.79 Å². The van der Waals surface area contributed by atoms with Crippen molar-refractivity contribution in [2.45, 2.75) is 6.92 Å². The Kier molecular flexibility index (Phi) is 4.61. The maximum atomic E-state index is 12.3. The first-order valence-electron chi connectivity index (χ1n) is 7.59. The molecule has 0 saturated heterocycles. The Bertz CT molecular complexity index is 912. The molecule has 2 aromatic carbocycles. The van der Waals surface area contributed by atoms with E-state index < -0.39 is 5.97 Å². The number of fused-ring (bicyclic) bond motifs is 1. The van der Waals surface area contributed by atoms with E-state index in [1.165, 1.54) is 6.07 Å². The van der Waals surface area contributed by atoms with Crippen LogP contribution in [0.4, 0.5) is 0 Å². The van der Waals surface area contributed by atoms with Crippen LogP contribution in [-0.4, -0.2) is 19.2 Å². The highest BCUT2D eigenvalue weighted by molar-refractivity contribution is 5.80. The van der Waals surface area contributed by atoms with Crippen LogP contribution in [0.5, 0.6) is 5.75 Å². The molecule has 0 amide bonds. The maximum Gasteiger partial charge on any atom is 0.344 e. The quantitative estimate of drug-likeness (QED) is 0.673. The van der Waals surface area contributed by atoms with Gasteiger partial charge in [-0.3, -0.25) is 4.79 Å². The smallest absolute Gasteiger partial charge is 0.344 e. The summed E-state index contributed by atoms with van der Waals surface area (Å²) in [7, 11) is 0. The molecule has 0 aliphatic heterocycles. The van der Waals surface area contributed by atoms with E-state index in [0.717, 1.165) is 5.56 Å². The van der Waals surface area contributed by atoms with Crippen LogP contribution in [0.1, 0.15) is 6.92 Å². The van der Waals surface area contributed by atoms with Crippen LogP contribution in [0.15, 0.2) is 63.8 Å². The second-order valence-electron chi connectivity index (χ2n) is 5.09. The van der Waals surface area contributed by atoms with Gasteiger partial charge in [-0.2, -0.15) is 0 Å². The molecule has 3 rings (SSSR count). The average molecular weight is 324 g/mol. The first kappa shape index (κ1) is 15.8. The molecule has 1 aromatic heterocycles. The Labute approximate surface area is 138 Å². The third-order valence-electron chi connectivity index (χ3n) is 3.42. The van der Waals surface area contributed by atoms with Crippen LogP contribution >= 0.6 is 0 Å². The number of carbonyl (C=O) groups excluding carboxylic acids is 1. The first-order valence-corrected chi connectivity index (χ1v) is 7.59. The molecule has 0 N–H and O–H groups in total. The molecule has 0 atom stereocenters. The molecule has 5 nitrogen and oxygen atoms in total. The number of hydrogen-bond donors (Lipinski definition) is 0. The van der Waals surface area contributed by atoms with Crippen molar-refractivity contribution in [2.24, 2.45) is 0 Å². The largest absolute Gasteiger partial charge is 0.482 e. The topological polar surface area (TPSA) is 65.7 Å². The highest BCUT2D eigenvalue weighted by Crippen LogP contribution is 2.24. The summed E-state index contributed by atoms with van der Waals surface area (Å²) in [5.41, 5.74) is 1.09. The molecule has 1 heterocycles. The molecule has 0 radical (unpaired) electrons. The molecule has 24 heavy (non-hydrogen) atoms. The van der Waals surface area contributed by atoms with E-state index in [4.69, 9.17) is 13.9 Å². The fraction of sp³-hybridized carbons (Fsp3) is 0.158. The molecule has 0 saturated carbocycles. The zero-order valence-electron chi connectivity index (χ0n) is 13.2. The van der Waals surface area contributed by atoms with Crippen molar-refractivity contribution in [2.75, 3.05) is 13.2 Å². The highest BCUT2D eigenvalue weighted by atomic mass is 16.6. The van der Waals surface area contributed by atoms with E-state index in [0.29, 0.717) is 29.1 Å². The van der Waals surface area contributed by atoms with Gasteiger partial charge in [-0.05, 0) is 19.1 Å². The fourth-order valence-electron chi connectivity index (χ4n) is 2.31. The molecule has 0 unspecified atom stereocenters. The normalized spacial score (nSPS) is 10.5.